The molecule has 0 radical (unpaired) electrons. The Bertz CT molecular complexity index is 944. The van der Waals surface area contributed by atoms with E-state index in [9.17, 15) is 24.5 Å². The van der Waals surface area contributed by atoms with Crippen LogP contribution in [0.5, 0.6) is 0 Å². The van der Waals surface area contributed by atoms with E-state index in [1.54, 1.807) is 6.07 Å². The minimum absolute atomic E-state index is 0.0306. The topological polar surface area (TPSA) is 173 Å². The first-order chi connectivity index (χ1) is 14.6. The maximum Gasteiger partial charge on any atom is 0.328 e. The first-order valence-corrected chi connectivity index (χ1v) is 9.01. The number of carbonyl (C=O) groups is 3. The van der Waals surface area contributed by atoms with E-state index in [1.807, 2.05) is 43.3 Å². The minimum atomic E-state index is -1.26. The molecular formula is C21H23N3O7. The first-order valence-electron chi connectivity index (χ1n) is 9.01. The number of nitrogens with zero attached hydrogens (tertiary/aromatic N) is 1. The lowest BCUT2D eigenvalue weighted by Gasteiger charge is -2.31. The summed E-state index contributed by atoms with van der Waals surface area (Å²) >= 11 is 0. The fourth-order valence-corrected chi connectivity index (χ4v) is 2.71. The van der Waals surface area contributed by atoms with Gasteiger partial charge in [-0.1, -0.05) is 42.5 Å². The number of hydrogen-bond acceptors (Lipinski definition) is 6. The highest BCUT2D eigenvalue weighted by Gasteiger charge is 2.29. The van der Waals surface area contributed by atoms with Gasteiger partial charge in [0.1, 0.15) is 0 Å². The van der Waals surface area contributed by atoms with Gasteiger partial charge in [-0.3, -0.25) is 14.9 Å². The van der Waals surface area contributed by atoms with Gasteiger partial charge in [-0.05, 0) is 24.5 Å². The van der Waals surface area contributed by atoms with Crippen LogP contribution < -0.4 is 11.1 Å². The molecule has 164 valence electrons. The Morgan fingerprint density at radius 3 is 2.13 bits per heavy atom. The summed E-state index contributed by atoms with van der Waals surface area (Å²) in [6.07, 6.45) is 1.54. The van der Waals surface area contributed by atoms with Crippen molar-refractivity contribution in [3.63, 3.8) is 0 Å². The minimum Gasteiger partial charge on any atom is -0.478 e. The summed E-state index contributed by atoms with van der Waals surface area (Å²) in [6.45, 7) is 1.77. The Morgan fingerprint density at radius 2 is 1.65 bits per heavy atom. The summed E-state index contributed by atoms with van der Waals surface area (Å²) in [7, 11) is 0. The van der Waals surface area contributed by atoms with Gasteiger partial charge in [0.15, 0.2) is 0 Å². The fraction of sp³-hybridized carbons (Fsp3) is 0.190. The summed E-state index contributed by atoms with van der Waals surface area (Å²) in [5.41, 5.74) is 6.42. The van der Waals surface area contributed by atoms with E-state index in [-0.39, 0.29) is 18.1 Å². The molecule has 5 N–H and O–H groups in total. The molecule has 1 amide bonds. The third kappa shape index (κ3) is 8.88. The Labute approximate surface area is 178 Å². The van der Waals surface area contributed by atoms with Crippen LogP contribution in [0.4, 0.5) is 5.69 Å². The van der Waals surface area contributed by atoms with E-state index >= 15 is 0 Å². The highest BCUT2D eigenvalue weighted by molar-refractivity contribution is 5.89. The molecule has 0 spiro atoms. The lowest BCUT2D eigenvalue weighted by atomic mass is 9.85. The van der Waals surface area contributed by atoms with Gasteiger partial charge >= 0.3 is 11.9 Å². The Kier molecular flexibility index (Phi) is 9.54. The lowest BCUT2D eigenvalue weighted by Crippen LogP contribution is -2.47. The first kappa shape index (κ1) is 25.0. The Balaban J connectivity index is 0.000000512. The molecular weight excluding hydrogens is 406 g/mol. The van der Waals surface area contributed by atoms with Crippen LogP contribution in [0.1, 0.15) is 18.1 Å². The van der Waals surface area contributed by atoms with Crippen molar-refractivity contribution in [1.82, 2.24) is 5.32 Å². The summed E-state index contributed by atoms with van der Waals surface area (Å²) in [5.74, 6) is -2.79. The predicted molar refractivity (Wildman–Crippen MR) is 112 cm³/mol. The Hall–Kier alpha value is -4.05. The van der Waals surface area contributed by atoms with E-state index in [0.717, 1.165) is 11.1 Å². The zero-order valence-electron chi connectivity index (χ0n) is 16.7. The van der Waals surface area contributed by atoms with E-state index in [0.29, 0.717) is 18.6 Å². The van der Waals surface area contributed by atoms with Crippen molar-refractivity contribution in [2.24, 2.45) is 5.73 Å². The molecule has 0 aliphatic carbocycles. The number of hydrogen-bond donors (Lipinski definition) is 4. The van der Waals surface area contributed by atoms with Gasteiger partial charge in [0.2, 0.25) is 5.91 Å². The van der Waals surface area contributed by atoms with E-state index in [1.165, 1.54) is 12.1 Å². The van der Waals surface area contributed by atoms with Gasteiger partial charge in [-0.2, -0.15) is 0 Å². The van der Waals surface area contributed by atoms with Crippen molar-refractivity contribution in [3.8, 4) is 0 Å². The number of nitro benzene ring substituents is 1. The number of benzene rings is 2. The van der Waals surface area contributed by atoms with E-state index in [4.69, 9.17) is 15.9 Å². The van der Waals surface area contributed by atoms with Crippen molar-refractivity contribution in [3.05, 3.63) is 88.0 Å². The molecule has 31 heavy (non-hydrogen) atoms. The van der Waals surface area contributed by atoms with Gasteiger partial charge in [-0.15, -0.1) is 0 Å². The van der Waals surface area contributed by atoms with Gasteiger partial charge < -0.3 is 21.3 Å². The number of aliphatic carboxylic acids is 2. The zero-order chi connectivity index (χ0) is 23.4. The summed E-state index contributed by atoms with van der Waals surface area (Å²) in [5, 5.41) is 29.5. The van der Waals surface area contributed by atoms with Crippen LogP contribution in [0, 0.1) is 10.1 Å². The van der Waals surface area contributed by atoms with Crippen molar-refractivity contribution in [2.45, 2.75) is 18.9 Å². The predicted octanol–water partition coefficient (Wildman–Crippen LogP) is 1.84. The monoisotopic (exact) mass is 429 g/mol. The number of nitrogens with one attached hydrogen (secondary N) is 1. The fourth-order valence-electron chi connectivity index (χ4n) is 2.71. The lowest BCUT2D eigenvalue weighted by molar-refractivity contribution is -0.384. The molecule has 0 bridgehead atoms. The summed E-state index contributed by atoms with van der Waals surface area (Å²) < 4.78 is 0. The molecule has 0 aromatic heterocycles. The van der Waals surface area contributed by atoms with Crippen LogP contribution in [0.3, 0.4) is 0 Å². The molecule has 10 heteroatoms. The van der Waals surface area contributed by atoms with Crippen LogP contribution in [0.25, 0.3) is 0 Å². The quantitative estimate of drug-likeness (QED) is 0.279. The van der Waals surface area contributed by atoms with Crippen LogP contribution in [-0.4, -0.2) is 39.5 Å². The Morgan fingerprint density at radius 1 is 1.06 bits per heavy atom. The molecule has 2 rings (SSSR count). The van der Waals surface area contributed by atoms with Crippen molar-refractivity contribution < 1.29 is 29.5 Å². The smallest absolute Gasteiger partial charge is 0.328 e. The highest BCUT2D eigenvalue weighted by atomic mass is 16.6. The van der Waals surface area contributed by atoms with Gasteiger partial charge in [-0.25, -0.2) is 9.59 Å². The number of carboxylic acids is 2. The third-order valence-corrected chi connectivity index (χ3v) is 4.06. The third-order valence-electron chi connectivity index (χ3n) is 4.06. The van der Waals surface area contributed by atoms with Crippen LogP contribution in [0.15, 0.2) is 66.7 Å². The van der Waals surface area contributed by atoms with Crippen LogP contribution in [-0.2, 0) is 26.3 Å². The van der Waals surface area contributed by atoms with Crippen molar-refractivity contribution in [2.75, 3.05) is 6.54 Å². The number of carbonyl (C=O) groups excluding carboxylic acids is 1. The molecule has 0 aliphatic heterocycles. The molecule has 1 unspecified atom stereocenters. The number of rotatable bonds is 8. The van der Waals surface area contributed by atoms with Gasteiger partial charge in [0, 0.05) is 24.3 Å². The number of non-ortho nitro benzene ring substituents is 1. The molecule has 1 atom stereocenters. The summed E-state index contributed by atoms with van der Waals surface area (Å²) in [6, 6.07) is 15.9. The molecule has 10 nitrogen and oxygen atoms in total. The maximum absolute atomic E-state index is 11.8. The molecule has 2 aromatic carbocycles. The maximum atomic E-state index is 11.8. The second kappa shape index (κ2) is 11.8. The average Bonchev–Trinajstić information content (AvgIpc) is 2.73. The summed E-state index contributed by atoms with van der Waals surface area (Å²) in [4.78, 5) is 41.4. The molecule has 0 saturated heterocycles. The van der Waals surface area contributed by atoms with Crippen molar-refractivity contribution >= 4 is 23.5 Å². The normalized spacial score (nSPS) is 12.2. The number of nitrogens with two attached hydrogens (primary N) is 1. The molecule has 0 aliphatic rings. The second-order valence-electron chi connectivity index (χ2n) is 6.56. The van der Waals surface area contributed by atoms with E-state index in [2.05, 4.69) is 5.32 Å². The second-order valence-corrected chi connectivity index (χ2v) is 6.56. The molecule has 0 saturated carbocycles. The van der Waals surface area contributed by atoms with Crippen LogP contribution in [0.2, 0.25) is 0 Å². The number of nitro groups is 1. The number of carboxylic acid groups (broad SMARTS) is 2. The van der Waals surface area contributed by atoms with E-state index < -0.39 is 22.4 Å². The SMILES string of the molecule is CC(Cc1cccc([N+](=O)[O-])c1)(NC(=O)CN)c1ccccc1.O=C(O)C=CC(=O)O. The number of amides is 1. The van der Waals surface area contributed by atoms with Gasteiger partial charge in [0.25, 0.3) is 5.69 Å². The zero-order valence-corrected chi connectivity index (χ0v) is 16.7. The highest BCUT2D eigenvalue weighted by Crippen LogP contribution is 2.27. The standard InChI is InChI=1S/C17H19N3O3.C4H4O4/c1-17(19-16(21)12-18,14-7-3-2-4-8-14)11-13-6-5-9-15(10-13)20(22)23;5-3(6)1-2-4(7)8/h2-10H,11-12,18H2,1H3,(H,19,21);1-2H,(H,5,6)(H,7,8). The molecule has 2 aromatic rings. The molecule has 0 fully saturated rings. The molecule has 0 heterocycles. The average molecular weight is 429 g/mol. The van der Waals surface area contributed by atoms with Gasteiger partial charge in [0.05, 0.1) is 17.0 Å². The van der Waals surface area contributed by atoms with Crippen molar-refractivity contribution in [1.29, 1.82) is 0 Å². The van der Waals surface area contributed by atoms with Crippen LogP contribution >= 0.6 is 0 Å². The largest absolute Gasteiger partial charge is 0.478 e.